The Morgan fingerprint density at radius 1 is 1.32 bits per heavy atom. The Morgan fingerprint density at radius 3 is 2.46 bits per heavy atom. The van der Waals surface area contributed by atoms with E-state index in [1.165, 1.54) is 0 Å². The van der Waals surface area contributed by atoms with E-state index in [4.69, 9.17) is 22.1 Å². The molecule has 0 aliphatic rings. The third-order valence-corrected chi connectivity index (χ3v) is 5.27. The van der Waals surface area contributed by atoms with Gasteiger partial charge in [0, 0.05) is 6.54 Å². The summed E-state index contributed by atoms with van der Waals surface area (Å²) in [6.45, 7) is 12.6. The molecule has 0 saturated carbocycles. The molecule has 0 bridgehead atoms. The van der Waals surface area contributed by atoms with Gasteiger partial charge in [-0.2, -0.15) is 9.97 Å². The molecular formula is C17H27ClN5O4P. The van der Waals surface area contributed by atoms with Crippen molar-refractivity contribution in [3.05, 3.63) is 23.6 Å². The largest absolute Gasteiger partial charge is 0.368 e. The Balaban J connectivity index is 2.35. The van der Waals surface area contributed by atoms with Crippen LogP contribution in [0.2, 0.25) is 5.15 Å². The fraction of sp³-hybridized carbons (Fsp3) is 0.588. The number of aromatic nitrogens is 4. The van der Waals surface area contributed by atoms with Gasteiger partial charge in [0.05, 0.1) is 12.4 Å². The molecule has 0 unspecified atom stereocenters. The Morgan fingerprint density at radius 2 is 1.93 bits per heavy atom. The van der Waals surface area contributed by atoms with Gasteiger partial charge in [0.15, 0.2) is 10.8 Å². The maximum Gasteiger partial charge on any atom is 0.351 e. The van der Waals surface area contributed by atoms with Gasteiger partial charge in [0.1, 0.15) is 11.9 Å². The van der Waals surface area contributed by atoms with Gasteiger partial charge in [-0.15, -0.1) is 0 Å². The van der Waals surface area contributed by atoms with E-state index in [1.54, 1.807) is 10.9 Å². The number of halogens is 1. The summed E-state index contributed by atoms with van der Waals surface area (Å²) in [5.74, 6) is 0.467. The maximum atomic E-state index is 11.4. The smallest absolute Gasteiger partial charge is 0.351 e. The highest BCUT2D eigenvalue weighted by Crippen LogP contribution is 2.38. The highest BCUT2D eigenvalue weighted by molar-refractivity contribution is 7.51. The average Bonchev–Trinajstić information content (AvgIpc) is 2.92. The molecule has 0 fully saturated rings. The summed E-state index contributed by atoms with van der Waals surface area (Å²) < 4.78 is 18.8. The predicted octanol–water partition coefficient (Wildman–Crippen LogP) is 3.07. The van der Waals surface area contributed by atoms with Gasteiger partial charge >= 0.3 is 7.60 Å². The maximum absolute atomic E-state index is 11.4. The van der Waals surface area contributed by atoms with Crippen LogP contribution in [0.25, 0.3) is 11.2 Å². The van der Waals surface area contributed by atoms with Crippen molar-refractivity contribution >= 4 is 36.3 Å². The molecule has 0 spiro atoms. The first-order chi connectivity index (χ1) is 12.9. The van der Waals surface area contributed by atoms with Gasteiger partial charge < -0.3 is 24.8 Å². The first-order valence-electron chi connectivity index (χ1n) is 8.88. The van der Waals surface area contributed by atoms with Crippen molar-refractivity contribution in [2.75, 3.05) is 12.1 Å². The van der Waals surface area contributed by atoms with Crippen molar-refractivity contribution in [2.24, 2.45) is 17.8 Å². The average molecular weight is 432 g/mol. The van der Waals surface area contributed by atoms with E-state index >= 15 is 0 Å². The van der Waals surface area contributed by atoms with Crippen molar-refractivity contribution in [3.8, 4) is 0 Å². The predicted molar refractivity (Wildman–Crippen MR) is 109 cm³/mol. The third-order valence-electron chi connectivity index (χ3n) is 4.53. The number of hydrogen-bond donors (Lipinski definition) is 3. The molecule has 156 valence electrons. The van der Waals surface area contributed by atoms with Gasteiger partial charge in [-0.3, -0.25) is 4.57 Å². The van der Waals surface area contributed by atoms with Crippen LogP contribution in [0.3, 0.4) is 0 Å². The van der Waals surface area contributed by atoms with Crippen molar-refractivity contribution in [1.82, 2.24) is 19.5 Å². The molecule has 0 aliphatic heterocycles. The summed E-state index contributed by atoms with van der Waals surface area (Å²) in [5, 5.41) is 0.156. The fourth-order valence-corrected chi connectivity index (χ4v) is 4.07. The molecule has 2 rings (SSSR count). The van der Waals surface area contributed by atoms with Gasteiger partial charge in [0.2, 0.25) is 5.95 Å². The van der Waals surface area contributed by atoms with Crippen LogP contribution in [0.4, 0.5) is 5.95 Å². The quantitative estimate of drug-likeness (QED) is 0.313. The molecule has 0 radical (unpaired) electrons. The van der Waals surface area contributed by atoms with Crippen molar-refractivity contribution in [1.29, 1.82) is 0 Å². The van der Waals surface area contributed by atoms with Crippen LogP contribution >= 0.6 is 19.2 Å². The van der Waals surface area contributed by atoms with Crippen LogP contribution < -0.4 is 5.73 Å². The molecule has 2 aromatic heterocycles. The van der Waals surface area contributed by atoms with Crippen LogP contribution in [0, 0.1) is 17.8 Å². The molecule has 0 aliphatic carbocycles. The van der Waals surface area contributed by atoms with Crippen LogP contribution in [-0.2, 0) is 15.8 Å². The summed E-state index contributed by atoms with van der Waals surface area (Å²) in [4.78, 5) is 30.8. The highest BCUT2D eigenvalue weighted by Gasteiger charge is 2.32. The Hall–Kier alpha value is -1.51. The number of nitrogens with zero attached hydrogens (tertiary/aromatic N) is 4. The second kappa shape index (κ2) is 8.88. The number of hydrogen-bond acceptors (Lipinski definition) is 6. The van der Waals surface area contributed by atoms with Crippen LogP contribution in [0.1, 0.15) is 27.7 Å². The number of anilines is 1. The molecule has 0 saturated heterocycles. The lowest BCUT2D eigenvalue weighted by molar-refractivity contribution is 0.0179. The van der Waals surface area contributed by atoms with Gasteiger partial charge in [-0.25, -0.2) is 4.98 Å². The summed E-state index contributed by atoms with van der Waals surface area (Å²) in [6, 6.07) is 0. The summed E-state index contributed by atoms with van der Waals surface area (Å²) in [6.07, 6.45) is 0.327. The highest BCUT2D eigenvalue weighted by atomic mass is 35.5. The number of imidazole rings is 1. The lowest BCUT2D eigenvalue weighted by Gasteiger charge is -2.34. The number of nitrogens with two attached hydrogens (primary N) is 1. The van der Waals surface area contributed by atoms with Crippen LogP contribution in [-0.4, -0.2) is 41.8 Å². The van der Waals surface area contributed by atoms with Gasteiger partial charge in [-0.05, 0) is 23.3 Å². The molecule has 2 heterocycles. The molecule has 11 heteroatoms. The topological polar surface area (TPSA) is 136 Å². The van der Waals surface area contributed by atoms with E-state index in [9.17, 15) is 14.4 Å². The Labute approximate surface area is 169 Å². The minimum atomic E-state index is -4.32. The second-order valence-corrected chi connectivity index (χ2v) is 9.47. The number of ether oxygens (including phenoxy) is 1. The zero-order valence-corrected chi connectivity index (χ0v) is 18.1. The van der Waals surface area contributed by atoms with Gasteiger partial charge in [-0.1, -0.05) is 45.9 Å². The fourth-order valence-electron chi connectivity index (χ4n) is 3.50. The van der Waals surface area contributed by atoms with Crippen LogP contribution in [0.5, 0.6) is 0 Å². The minimum Gasteiger partial charge on any atom is -0.368 e. The molecule has 4 N–H and O–H groups in total. The third kappa shape index (κ3) is 5.52. The van der Waals surface area contributed by atoms with E-state index in [0.29, 0.717) is 16.7 Å². The lowest BCUT2D eigenvalue weighted by atomic mass is 9.78. The molecule has 0 aromatic carbocycles. The first kappa shape index (κ1) is 22.8. The second-order valence-electron chi connectivity index (χ2n) is 7.52. The van der Waals surface area contributed by atoms with Crippen molar-refractivity contribution < 1.29 is 19.1 Å². The van der Waals surface area contributed by atoms with Gasteiger partial charge in [0.25, 0.3) is 0 Å². The summed E-state index contributed by atoms with van der Waals surface area (Å²) in [5.41, 5.74) is 7.21. The minimum absolute atomic E-state index is 0.0112. The summed E-state index contributed by atoms with van der Waals surface area (Å²) in [7, 11) is -4.32. The molecule has 1 atom stereocenters. The zero-order valence-electron chi connectivity index (χ0n) is 16.4. The molecule has 0 amide bonds. The van der Waals surface area contributed by atoms with Crippen molar-refractivity contribution in [3.63, 3.8) is 0 Å². The van der Waals surface area contributed by atoms with E-state index in [1.807, 2.05) is 27.7 Å². The number of rotatable bonds is 9. The molecule has 9 nitrogen and oxygen atoms in total. The molecule has 2 aromatic rings. The number of nitrogen functional groups attached to an aromatic ring is 1. The zero-order chi connectivity index (χ0) is 21.2. The SMILES string of the molecule is C=C(Cn1cnc2c(Cl)nc(N)nc21)[C@@H](OCP(=O)(O)O)C(C(C)C)C(C)C. The first-order valence-corrected chi connectivity index (χ1v) is 11.1. The van der Waals surface area contributed by atoms with E-state index in [-0.39, 0.29) is 35.4 Å². The van der Waals surface area contributed by atoms with E-state index < -0.39 is 20.0 Å². The Bertz CT molecular complexity index is 887. The summed E-state index contributed by atoms with van der Waals surface area (Å²) >= 11 is 6.07. The lowest BCUT2D eigenvalue weighted by Crippen LogP contribution is -2.35. The molecular weight excluding hydrogens is 405 g/mol. The standard InChI is InChI=1S/C17H27ClN5O4P/c1-9(2)12(10(3)4)14(27-8-28(24,25)26)11(5)6-23-7-20-13-15(18)21-17(19)22-16(13)23/h7,9-10,12,14H,5-6,8H2,1-4H3,(H2,19,21,22)(H2,24,25,26)/t14-/m1/s1. The monoisotopic (exact) mass is 431 g/mol. The van der Waals surface area contributed by atoms with E-state index in [2.05, 4.69) is 21.5 Å². The van der Waals surface area contributed by atoms with Crippen LogP contribution in [0.15, 0.2) is 18.5 Å². The number of fused-ring (bicyclic) bond motifs is 1. The van der Waals surface area contributed by atoms with E-state index in [0.717, 1.165) is 0 Å². The molecule has 28 heavy (non-hydrogen) atoms. The normalized spacial score (nSPS) is 13.8. The Kier molecular flexibility index (Phi) is 7.22. The van der Waals surface area contributed by atoms with Crippen molar-refractivity contribution in [2.45, 2.75) is 40.3 Å².